The van der Waals surface area contributed by atoms with Gasteiger partial charge < -0.3 is 23.9 Å². The Hall–Kier alpha value is -3.75. The second kappa shape index (κ2) is 8.76. The molecule has 9 heteroatoms. The van der Waals surface area contributed by atoms with Crippen LogP contribution in [0.25, 0.3) is 0 Å². The highest BCUT2D eigenvalue weighted by molar-refractivity contribution is 5.98. The summed E-state index contributed by atoms with van der Waals surface area (Å²) in [4.78, 5) is 12.1. The number of carbonyl (C=O) groups excluding carboxylic acids is 1. The van der Waals surface area contributed by atoms with Crippen LogP contribution in [0.4, 0.5) is 16.5 Å². The third-order valence-corrected chi connectivity index (χ3v) is 3.84. The van der Waals surface area contributed by atoms with Crippen molar-refractivity contribution in [2.45, 2.75) is 6.42 Å². The Bertz CT molecular complexity index is 940. The molecule has 0 aliphatic heterocycles. The van der Waals surface area contributed by atoms with Crippen molar-refractivity contribution in [3.63, 3.8) is 0 Å². The van der Waals surface area contributed by atoms with Crippen molar-refractivity contribution >= 4 is 17.7 Å². The van der Waals surface area contributed by atoms with E-state index in [2.05, 4.69) is 20.8 Å². The van der Waals surface area contributed by atoms with Gasteiger partial charge in [0.15, 0.2) is 11.5 Å². The van der Waals surface area contributed by atoms with Crippen molar-refractivity contribution in [3.05, 3.63) is 53.9 Å². The molecule has 2 aromatic carbocycles. The van der Waals surface area contributed by atoms with Crippen molar-refractivity contribution in [2.75, 3.05) is 32.0 Å². The summed E-state index contributed by atoms with van der Waals surface area (Å²) in [5, 5.41) is 12.9. The number of nitrogens with zero attached hydrogens (tertiary/aromatic N) is 2. The van der Waals surface area contributed by atoms with Gasteiger partial charge in [-0.1, -0.05) is 17.2 Å². The lowest BCUT2D eigenvalue weighted by atomic mass is 10.1. The summed E-state index contributed by atoms with van der Waals surface area (Å²) in [6, 6.07) is 12.0. The minimum absolute atomic E-state index is 0.00138. The molecule has 2 N–H and O–H groups in total. The first-order chi connectivity index (χ1) is 13.6. The summed E-state index contributed by atoms with van der Waals surface area (Å²) in [6.45, 7) is 0. The molecule has 146 valence electrons. The van der Waals surface area contributed by atoms with Gasteiger partial charge in [0, 0.05) is 11.8 Å². The van der Waals surface area contributed by atoms with Gasteiger partial charge in [-0.3, -0.25) is 5.32 Å². The van der Waals surface area contributed by atoms with Gasteiger partial charge in [-0.2, -0.15) is 0 Å². The van der Waals surface area contributed by atoms with Crippen LogP contribution in [-0.2, 0) is 6.42 Å². The van der Waals surface area contributed by atoms with Crippen LogP contribution in [0, 0.1) is 0 Å². The maximum Gasteiger partial charge on any atom is 0.327 e. The van der Waals surface area contributed by atoms with Gasteiger partial charge in [0.1, 0.15) is 5.75 Å². The van der Waals surface area contributed by atoms with Crippen LogP contribution in [0.3, 0.4) is 0 Å². The van der Waals surface area contributed by atoms with Crippen molar-refractivity contribution in [2.24, 2.45) is 0 Å². The van der Waals surface area contributed by atoms with Crippen molar-refractivity contribution in [3.8, 4) is 17.2 Å². The molecule has 9 nitrogen and oxygen atoms in total. The molecule has 0 aliphatic carbocycles. The number of ether oxygens (including phenoxy) is 3. The van der Waals surface area contributed by atoms with Gasteiger partial charge >= 0.3 is 12.0 Å². The number of hydrogen-bond donors (Lipinski definition) is 2. The van der Waals surface area contributed by atoms with Crippen molar-refractivity contribution < 1.29 is 23.4 Å². The molecule has 1 heterocycles. The lowest BCUT2D eigenvalue weighted by molar-refractivity contribution is 0.261. The highest BCUT2D eigenvalue weighted by Gasteiger charge is 2.12. The molecule has 2 amide bonds. The van der Waals surface area contributed by atoms with E-state index in [1.54, 1.807) is 25.3 Å². The number of aromatic nitrogens is 2. The second-order valence-corrected chi connectivity index (χ2v) is 5.67. The maximum absolute atomic E-state index is 12.1. The molecule has 28 heavy (non-hydrogen) atoms. The third kappa shape index (κ3) is 4.70. The van der Waals surface area contributed by atoms with E-state index in [1.165, 1.54) is 14.2 Å². The van der Waals surface area contributed by atoms with Crippen LogP contribution < -0.4 is 24.8 Å². The lowest BCUT2D eigenvalue weighted by Gasteiger charge is -2.10. The minimum Gasteiger partial charge on any atom is -0.497 e. The van der Waals surface area contributed by atoms with Gasteiger partial charge in [0.2, 0.25) is 5.89 Å². The number of rotatable bonds is 7. The largest absolute Gasteiger partial charge is 0.497 e. The van der Waals surface area contributed by atoms with E-state index in [9.17, 15) is 4.79 Å². The average molecular weight is 384 g/mol. The number of nitrogens with one attached hydrogen (secondary N) is 2. The zero-order valence-electron chi connectivity index (χ0n) is 15.7. The van der Waals surface area contributed by atoms with E-state index < -0.39 is 6.03 Å². The first-order valence-corrected chi connectivity index (χ1v) is 8.36. The van der Waals surface area contributed by atoms with Gasteiger partial charge in [-0.25, -0.2) is 4.79 Å². The van der Waals surface area contributed by atoms with Crippen LogP contribution in [0.2, 0.25) is 0 Å². The Labute approximate surface area is 161 Å². The zero-order chi connectivity index (χ0) is 19.9. The second-order valence-electron chi connectivity index (χ2n) is 5.67. The number of methoxy groups -OCH3 is 3. The number of benzene rings is 2. The Morgan fingerprint density at radius 3 is 2.36 bits per heavy atom. The predicted molar refractivity (Wildman–Crippen MR) is 102 cm³/mol. The predicted octanol–water partition coefficient (Wildman–Crippen LogP) is 3.33. The molecular formula is C19H20N4O5. The van der Waals surface area contributed by atoms with E-state index in [-0.39, 0.29) is 6.01 Å². The standard InChI is InChI=1S/C19H20N4O5/c1-25-14-7-4-12(5-8-14)10-17-22-23-19(28-17)21-18(24)20-13-6-9-15(26-2)16(11-13)27-3/h4-9,11H,10H2,1-3H3,(H2,20,21,23,24). The van der Waals surface area contributed by atoms with E-state index >= 15 is 0 Å². The molecule has 0 aliphatic rings. The molecule has 3 rings (SSSR count). The van der Waals surface area contributed by atoms with Crippen LogP contribution in [-0.4, -0.2) is 37.6 Å². The number of hydrogen-bond acceptors (Lipinski definition) is 7. The smallest absolute Gasteiger partial charge is 0.327 e. The molecule has 0 spiro atoms. The number of amides is 2. The van der Waals surface area contributed by atoms with E-state index in [4.69, 9.17) is 18.6 Å². The maximum atomic E-state index is 12.1. The Balaban J connectivity index is 1.59. The molecule has 0 saturated heterocycles. The number of carbonyl (C=O) groups is 1. The van der Waals surface area contributed by atoms with Gasteiger partial charge in [0.25, 0.3) is 0 Å². The topological polar surface area (TPSA) is 108 Å². The molecule has 0 atom stereocenters. The lowest BCUT2D eigenvalue weighted by Crippen LogP contribution is -2.19. The van der Waals surface area contributed by atoms with Crippen molar-refractivity contribution in [1.82, 2.24) is 10.2 Å². The normalized spacial score (nSPS) is 10.2. The van der Waals surface area contributed by atoms with Crippen LogP contribution in [0.15, 0.2) is 46.9 Å². The first-order valence-electron chi connectivity index (χ1n) is 8.36. The monoisotopic (exact) mass is 384 g/mol. The van der Waals surface area contributed by atoms with E-state index in [0.717, 1.165) is 11.3 Å². The molecule has 0 bridgehead atoms. The molecule has 0 unspecified atom stereocenters. The zero-order valence-corrected chi connectivity index (χ0v) is 15.7. The third-order valence-electron chi connectivity index (χ3n) is 3.84. The van der Waals surface area contributed by atoms with Crippen LogP contribution >= 0.6 is 0 Å². The number of urea groups is 1. The Morgan fingerprint density at radius 1 is 0.929 bits per heavy atom. The molecule has 0 saturated carbocycles. The summed E-state index contributed by atoms with van der Waals surface area (Å²) in [6.07, 6.45) is 0.440. The number of anilines is 2. The molecule has 3 aromatic rings. The summed E-state index contributed by atoms with van der Waals surface area (Å²) >= 11 is 0. The molecule has 1 aromatic heterocycles. The van der Waals surface area contributed by atoms with Gasteiger partial charge in [-0.15, -0.1) is 5.10 Å². The first kappa shape index (κ1) is 19.0. The Morgan fingerprint density at radius 2 is 1.68 bits per heavy atom. The Kier molecular flexibility index (Phi) is 5.95. The summed E-state index contributed by atoms with van der Waals surface area (Å²) in [5.74, 6) is 2.21. The van der Waals surface area contributed by atoms with Crippen molar-refractivity contribution in [1.29, 1.82) is 0 Å². The fourth-order valence-corrected chi connectivity index (χ4v) is 2.47. The SMILES string of the molecule is COc1ccc(Cc2nnc(NC(=O)Nc3ccc(OC)c(OC)c3)o2)cc1. The molecule has 0 radical (unpaired) electrons. The quantitative estimate of drug-likeness (QED) is 0.643. The summed E-state index contributed by atoms with van der Waals surface area (Å²) < 4.78 is 21.0. The van der Waals surface area contributed by atoms with E-state index in [0.29, 0.717) is 29.5 Å². The van der Waals surface area contributed by atoms with Gasteiger partial charge in [0.05, 0.1) is 27.8 Å². The highest BCUT2D eigenvalue weighted by atomic mass is 16.5. The fraction of sp³-hybridized carbons (Fsp3) is 0.211. The van der Waals surface area contributed by atoms with Gasteiger partial charge in [-0.05, 0) is 29.8 Å². The molecular weight excluding hydrogens is 364 g/mol. The van der Waals surface area contributed by atoms with Crippen LogP contribution in [0.5, 0.6) is 17.2 Å². The molecule has 0 fully saturated rings. The highest BCUT2D eigenvalue weighted by Crippen LogP contribution is 2.29. The summed E-state index contributed by atoms with van der Waals surface area (Å²) in [5.41, 5.74) is 1.50. The summed E-state index contributed by atoms with van der Waals surface area (Å²) in [7, 11) is 4.67. The minimum atomic E-state index is -0.521. The fourth-order valence-electron chi connectivity index (χ4n) is 2.47. The van der Waals surface area contributed by atoms with E-state index in [1.807, 2.05) is 24.3 Å². The van der Waals surface area contributed by atoms with Crippen LogP contribution in [0.1, 0.15) is 11.5 Å². The average Bonchev–Trinajstić information content (AvgIpc) is 3.14.